The van der Waals surface area contributed by atoms with E-state index in [1.165, 1.54) is 22.3 Å². The average molecular weight is 197 g/mol. The van der Waals surface area contributed by atoms with Crippen molar-refractivity contribution in [2.24, 2.45) is 0 Å². The highest BCUT2D eigenvalue weighted by Crippen LogP contribution is 2.25. The number of aromatic nitrogens is 1. The molecule has 2 aromatic rings. The van der Waals surface area contributed by atoms with E-state index in [-0.39, 0.29) is 0 Å². The van der Waals surface area contributed by atoms with Crippen molar-refractivity contribution in [3.05, 3.63) is 53.3 Å². The van der Waals surface area contributed by atoms with E-state index in [1.54, 1.807) is 0 Å². The van der Waals surface area contributed by atoms with E-state index in [1.807, 2.05) is 13.1 Å². The van der Waals surface area contributed by atoms with Crippen LogP contribution in [0.3, 0.4) is 0 Å². The Balaban J connectivity index is 2.60. The molecule has 0 saturated heterocycles. The van der Waals surface area contributed by atoms with Gasteiger partial charge in [-0.05, 0) is 43.5 Å². The first kappa shape index (κ1) is 9.91. The normalized spacial score (nSPS) is 10.3. The summed E-state index contributed by atoms with van der Waals surface area (Å²) in [5.41, 5.74) is 6.18. The summed E-state index contributed by atoms with van der Waals surface area (Å²) in [5.74, 6) is 0. The molecule has 0 atom stereocenters. The standard InChI is InChI=1S/C14H15N/c1-10-6-4-5-7-13(10)14-9-15-12(3)8-11(14)2/h4-9H,1-3H3. The summed E-state index contributed by atoms with van der Waals surface area (Å²) in [6.45, 7) is 6.29. The Morgan fingerprint density at radius 3 is 2.27 bits per heavy atom. The molecule has 1 heteroatoms. The number of hydrogen-bond donors (Lipinski definition) is 0. The van der Waals surface area contributed by atoms with Gasteiger partial charge in [0.1, 0.15) is 0 Å². The summed E-state index contributed by atoms with van der Waals surface area (Å²) < 4.78 is 0. The quantitative estimate of drug-likeness (QED) is 0.679. The molecule has 0 aliphatic heterocycles. The number of hydrogen-bond acceptors (Lipinski definition) is 1. The first-order valence-corrected chi connectivity index (χ1v) is 5.18. The van der Waals surface area contributed by atoms with Crippen molar-refractivity contribution < 1.29 is 0 Å². The summed E-state index contributed by atoms with van der Waals surface area (Å²) in [6, 6.07) is 10.5. The van der Waals surface area contributed by atoms with Gasteiger partial charge in [0.2, 0.25) is 0 Å². The molecule has 0 amide bonds. The van der Waals surface area contributed by atoms with E-state index in [0.717, 1.165) is 5.69 Å². The Hall–Kier alpha value is -1.63. The van der Waals surface area contributed by atoms with Crippen molar-refractivity contribution in [3.63, 3.8) is 0 Å². The number of benzene rings is 1. The van der Waals surface area contributed by atoms with Gasteiger partial charge in [0.15, 0.2) is 0 Å². The Kier molecular flexibility index (Phi) is 2.55. The van der Waals surface area contributed by atoms with Crippen molar-refractivity contribution in [2.45, 2.75) is 20.8 Å². The van der Waals surface area contributed by atoms with Crippen LogP contribution in [-0.4, -0.2) is 4.98 Å². The van der Waals surface area contributed by atoms with Gasteiger partial charge in [0, 0.05) is 17.5 Å². The average Bonchev–Trinajstić information content (AvgIpc) is 2.20. The highest BCUT2D eigenvalue weighted by Gasteiger charge is 2.04. The minimum atomic E-state index is 1.07. The van der Waals surface area contributed by atoms with Crippen LogP contribution in [0.15, 0.2) is 36.5 Å². The van der Waals surface area contributed by atoms with Gasteiger partial charge in [0.25, 0.3) is 0 Å². The van der Waals surface area contributed by atoms with E-state index < -0.39 is 0 Å². The van der Waals surface area contributed by atoms with E-state index in [2.05, 4.69) is 49.2 Å². The van der Waals surface area contributed by atoms with Crippen LogP contribution in [0.4, 0.5) is 0 Å². The summed E-state index contributed by atoms with van der Waals surface area (Å²) in [4.78, 5) is 4.36. The van der Waals surface area contributed by atoms with Crippen LogP contribution < -0.4 is 0 Å². The Morgan fingerprint density at radius 1 is 0.867 bits per heavy atom. The van der Waals surface area contributed by atoms with Crippen LogP contribution in [0.1, 0.15) is 16.8 Å². The monoisotopic (exact) mass is 197 g/mol. The summed E-state index contributed by atoms with van der Waals surface area (Å²) >= 11 is 0. The van der Waals surface area contributed by atoms with Crippen LogP contribution in [0.2, 0.25) is 0 Å². The van der Waals surface area contributed by atoms with E-state index >= 15 is 0 Å². The molecule has 0 bridgehead atoms. The molecule has 1 nitrogen and oxygen atoms in total. The van der Waals surface area contributed by atoms with Gasteiger partial charge in [-0.2, -0.15) is 0 Å². The predicted molar refractivity (Wildman–Crippen MR) is 63.9 cm³/mol. The lowest BCUT2D eigenvalue weighted by molar-refractivity contribution is 1.18. The van der Waals surface area contributed by atoms with Gasteiger partial charge in [-0.1, -0.05) is 24.3 Å². The first-order chi connectivity index (χ1) is 7.18. The molecule has 0 radical (unpaired) electrons. The number of pyridine rings is 1. The second kappa shape index (κ2) is 3.85. The van der Waals surface area contributed by atoms with Gasteiger partial charge >= 0.3 is 0 Å². The number of nitrogens with zero attached hydrogens (tertiary/aromatic N) is 1. The maximum absolute atomic E-state index is 4.36. The summed E-state index contributed by atoms with van der Waals surface area (Å²) in [7, 11) is 0. The fourth-order valence-electron chi connectivity index (χ4n) is 1.85. The molecule has 76 valence electrons. The molecule has 1 aromatic heterocycles. The fraction of sp³-hybridized carbons (Fsp3) is 0.214. The molecule has 0 saturated carbocycles. The second-order valence-electron chi connectivity index (χ2n) is 3.96. The lowest BCUT2D eigenvalue weighted by atomic mass is 9.98. The molecule has 1 aromatic carbocycles. The molecular formula is C14H15N. The third-order valence-electron chi connectivity index (χ3n) is 2.68. The van der Waals surface area contributed by atoms with E-state index in [9.17, 15) is 0 Å². The maximum atomic E-state index is 4.36. The maximum Gasteiger partial charge on any atom is 0.0375 e. The van der Waals surface area contributed by atoms with Crippen LogP contribution in [-0.2, 0) is 0 Å². The number of rotatable bonds is 1. The van der Waals surface area contributed by atoms with Crippen LogP contribution in [0, 0.1) is 20.8 Å². The third-order valence-corrected chi connectivity index (χ3v) is 2.68. The van der Waals surface area contributed by atoms with Crippen molar-refractivity contribution in [1.29, 1.82) is 0 Å². The molecule has 15 heavy (non-hydrogen) atoms. The van der Waals surface area contributed by atoms with Gasteiger partial charge in [-0.25, -0.2) is 0 Å². The van der Waals surface area contributed by atoms with Crippen molar-refractivity contribution in [2.75, 3.05) is 0 Å². The van der Waals surface area contributed by atoms with Crippen LogP contribution in [0.5, 0.6) is 0 Å². The molecular weight excluding hydrogens is 182 g/mol. The fourth-order valence-corrected chi connectivity index (χ4v) is 1.85. The molecule has 0 N–H and O–H groups in total. The highest BCUT2D eigenvalue weighted by molar-refractivity contribution is 5.69. The zero-order valence-corrected chi connectivity index (χ0v) is 9.41. The highest BCUT2D eigenvalue weighted by atomic mass is 14.7. The molecule has 1 heterocycles. The minimum absolute atomic E-state index is 1.07. The van der Waals surface area contributed by atoms with E-state index in [0.29, 0.717) is 0 Å². The Labute approximate surface area is 90.8 Å². The minimum Gasteiger partial charge on any atom is -0.261 e. The lowest BCUT2D eigenvalue weighted by Crippen LogP contribution is -1.90. The zero-order chi connectivity index (χ0) is 10.8. The summed E-state index contributed by atoms with van der Waals surface area (Å²) in [5, 5.41) is 0. The predicted octanol–water partition coefficient (Wildman–Crippen LogP) is 3.67. The van der Waals surface area contributed by atoms with Crippen LogP contribution >= 0.6 is 0 Å². The van der Waals surface area contributed by atoms with Crippen LogP contribution in [0.25, 0.3) is 11.1 Å². The molecule has 0 fully saturated rings. The molecule has 0 aliphatic rings. The second-order valence-corrected chi connectivity index (χ2v) is 3.96. The van der Waals surface area contributed by atoms with Crippen molar-refractivity contribution in [3.8, 4) is 11.1 Å². The van der Waals surface area contributed by atoms with Gasteiger partial charge < -0.3 is 0 Å². The zero-order valence-electron chi connectivity index (χ0n) is 9.41. The van der Waals surface area contributed by atoms with Gasteiger partial charge in [0.05, 0.1) is 0 Å². The Bertz CT molecular complexity index is 486. The van der Waals surface area contributed by atoms with Crippen molar-refractivity contribution >= 4 is 0 Å². The van der Waals surface area contributed by atoms with Gasteiger partial charge in [-0.3, -0.25) is 4.98 Å². The third kappa shape index (κ3) is 1.91. The summed E-state index contributed by atoms with van der Waals surface area (Å²) in [6.07, 6.45) is 1.97. The Morgan fingerprint density at radius 2 is 1.60 bits per heavy atom. The molecule has 0 aliphatic carbocycles. The van der Waals surface area contributed by atoms with E-state index in [4.69, 9.17) is 0 Å². The molecule has 0 unspecified atom stereocenters. The smallest absolute Gasteiger partial charge is 0.0375 e. The van der Waals surface area contributed by atoms with Crippen molar-refractivity contribution in [1.82, 2.24) is 4.98 Å². The molecule has 2 rings (SSSR count). The first-order valence-electron chi connectivity index (χ1n) is 5.18. The van der Waals surface area contributed by atoms with Gasteiger partial charge in [-0.15, -0.1) is 0 Å². The largest absolute Gasteiger partial charge is 0.261 e. The molecule has 0 spiro atoms. The SMILES string of the molecule is Cc1cc(C)c(-c2ccccc2C)cn1. The number of aryl methyl sites for hydroxylation is 3. The lowest BCUT2D eigenvalue weighted by Gasteiger charge is -2.08. The topological polar surface area (TPSA) is 12.9 Å².